The van der Waals surface area contributed by atoms with Crippen molar-refractivity contribution in [1.29, 1.82) is 0 Å². The van der Waals surface area contributed by atoms with E-state index in [0.29, 0.717) is 32.1 Å². The fraction of sp³-hybridized carbons (Fsp3) is 0.704. The van der Waals surface area contributed by atoms with E-state index in [4.69, 9.17) is 37.0 Å². The lowest BCUT2D eigenvalue weighted by atomic mass is 10.0. The van der Waals surface area contributed by atoms with Gasteiger partial charge in [-0.05, 0) is 89.9 Å². The molecule has 574 valence electrons. The molecular weight excluding hydrogens is 1310 g/mol. The van der Waals surface area contributed by atoms with Crippen molar-refractivity contribution in [3.63, 3.8) is 0 Å². The van der Waals surface area contributed by atoms with Gasteiger partial charge in [0.05, 0.1) is 32.8 Å². The number of aliphatic hydroxyl groups excluding tert-OH is 1. The monoisotopic (exact) mass is 1440 g/mol. The molecule has 0 aliphatic rings. The Bertz CT molecular complexity index is 2370. The van der Waals surface area contributed by atoms with Crippen molar-refractivity contribution < 1.29 is 80.2 Å². The summed E-state index contributed by atoms with van der Waals surface area (Å²) in [5, 5.41) is 10.6. The first-order valence-electron chi connectivity index (χ1n) is 38.8. The highest BCUT2D eigenvalue weighted by atomic mass is 31.2. The number of allylic oxidation sites excluding steroid dienone is 19. The molecule has 0 spiro atoms. The van der Waals surface area contributed by atoms with Crippen molar-refractivity contribution >= 4 is 39.5 Å². The van der Waals surface area contributed by atoms with Crippen LogP contribution >= 0.6 is 15.6 Å². The summed E-state index contributed by atoms with van der Waals surface area (Å²) in [5.74, 6) is -2.38. The van der Waals surface area contributed by atoms with Gasteiger partial charge in [-0.1, -0.05) is 316 Å². The molecule has 5 unspecified atom stereocenters. The molecule has 0 bridgehead atoms. The molecule has 0 aliphatic heterocycles. The topological polar surface area (TPSA) is 237 Å². The number of carbonyl (C=O) groups excluding carboxylic acids is 4. The first-order valence-corrected chi connectivity index (χ1v) is 41.8. The largest absolute Gasteiger partial charge is 0.472 e. The summed E-state index contributed by atoms with van der Waals surface area (Å²) in [4.78, 5) is 72.8. The van der Waals surface area contributed by atoms with Crippen molar-refractivity contribution in [2.24, 2.45) is 0 Å². The number of phosphoric ester groups is 2. The predicted molar refractivity (Wildman–Crippen MR) is 408 cm³/mol. The zero-order valence-corrected chi connectivity index (χ0v) is 64.4. The van der Waals surface area contributed by atoms with E-state index in [-0.39, 0.29) is 25.7 Å². The van der Waals surface area contributed by atoms with Crippen LogP contribution in [0.25, 0.3) is 0 Å². The Labute approximate surface area is 606 Å². The molecule has 0 aromatic rings. The van der Waals surface area contributed by atoms with Gasteiger partial charge in [0, 0.05) is 19.3 Å². The first kappa shape index (κ1) is 95.5. The van der Waals surface area contributed by atoms with Crippen molar-refractivity contribution in [3.8, 4) is 0 Å². The lowest BCUT2D eigenvalue weighted by molar-refractivity contribution is -0.161. The summed E-state index contributed by atoms with van der Waals surface area (Å²) in [6.45, 7) is 4.49. The standard InChI is InChI=1S/C81H138O17P2/c1-5-9-13-17-21-25-29-33-36-37-40-43-46-50-54-58-62-66-79(84)92-72-77(98-81(86)68-64-60-56-52-48-44-39-35-31-27-23-19-15-11-7-3)74-96-100(89,90)94-70-75(82)69-93-99(87,88)95-73-76(97-80(85)67-63-59-55-51-47-41-32-28-24-20-16-12-8-4)71-91-78(83)65-61-57-53-49-45-42-38-34-30-26-22-18-14-10-6-2/h9-10,13-14,21-22,25-26,33-34,36,38,40,43,45,49-50,54,57,61,75-77,82H,5-8,11-12,15-20,23-24,27-32,35,37,39,41-42,44,46-48,51-53,55-56,58-60,62-74H2,1-4H3,(H,87,88)(H,89,90)/b13-9-,14-10-,25-21-,26-22-,36-33-,38-34-,43-40-,49-45-,54-50-,61-57-. The van der Waals surface area contributed by atoms with E-state index in [2.05, 4.69) is 113 Å². The van der Waals surface area contributed by atoms with Gasteiger partial charge in [0.2, 0.25) is 0 Å². The van der Waals surface area contributed by atoms with Gasteiger partial charge in [-0.15, -0.1) is 0 Å². The van der Waals surface area contributed by atoms with Crippen molar-refractivity contribution in [3.05, 3.63) is 122 Å². The third-order valence-electron chi connectivity index (χ3n) is 16.0. The van der Waals surface area contributed by atoms with Crippen LogP contribution in [0.15, 0.2) is 122 Å². The quantitative estimate of drug-likeness (QED) is 0.0169. The van der Waals surface area contributed by atoms with Gasteiger partial charge < -0.3 is 33.8 Å². The number of ether oxygens (including phenoxy) is 4. The summed E-state index contributed by atoms with van der Waals surface area (Å²) in [6.07, 6.45) is 79.4. The van der Waals surface area contributed by atoms with E-state index in [1.165, 1.54) is 116 Å². The number of hydrogen-bond acceptors (Lipinski definition) is 15. The summed E-state index contributed by atoms with van der Waals surface area (Å²) in [7, 11) is -9.99. The summed E-state index contributed by atoms with van der Waals surface area (Å²) in [6, 6.07) is 0. The van der Waals surface area contributed by atoms with E-state index < -0.39 is 97.5 Å². The zero-order chi connectivity index (χ0) is 73.2. The Morgan fingerprint density at radius 2 is 0.560 bits per heavy atom. The molecule has 0 amide bonds. The summed E-state index contributed by atoms with van der Waals surface area (Å²) < 4.78 is 68.3. The molecule has 0 aromatic heterocycles. The average molecular weight is 1450 g/mol. The highest BCUT2D eigenvalue weighted by molar-refractivity contribution is 7.47. The van der Waals surface area contributed by atoms with Crippen molar-refractivity contribution in [2.75, 3.05) is 39.6 Å². The highest BCUT2D eigenvalue weighted by Crippen LogP contribution is 2.45. The molecule has 0 heterocycles. The lowest BCUT2D eigenvalue weighted by Crippen LogP contribution is -2.30. The molecule has 0 fully saturated rings. The molecule has 100 heavy (non-hydrogen) atoms. The number of aliphatic hydroxyl groups is 1. The minimum atomic E-state index is -5.00. The number of carbonyl (C=O) groups is 4. The Morgan fingerprint density at radius 1 is 0.300 bits per heavy atom. The third-order valence-corrected chi connectivity index (χ3v) is 17.9. The molecule has 0 radical (unpaired) electrons. The van der Waals surface area contributed by atoms with Crippen LogP contribution in [0.2, 0.25) is 0 Å². The van der Waals surface area contributed by atoms with Crippen LogP contribution in [0.4, 0.5) is 0 Å². The third kappa shape index (κ3) is 71.8. The predicted octanol–water partition coefficient (Wildman–Crippen LogP) is 22.3. The molecule has 0 aromatic carbocycles. The van der Waals surface area contributed by atoms with Crippen molar-refractivity contribution in [1.82, 2.24) is 0 Å². The smallest absolute Gasteiger partial charge is 0.462 e. The molecular formula is C81H138O17P2. The molecule has 19 heteroatoms. The molecule has 17 nitrogen and oxygen atoms in total. The summed E-state index contributed by atoms with van der Waals surface area (Å²) >= 11 is 0. The van der Waals surface area contributed by atoms with Crippen LogP contribution in [0.5, 0.6) is 0 Å². The first-order chi connectivity index (χ1) is 48.7. The lowest BCUT2D eigenvalue weighted by Gasteiger charge is -2.21. The minimum Gasteiger partial charge on any atom is -0.462 e. The molecule has 0 rings (SSSR count). The SMILES string of the molecule is CC/C=C\C/C=C\C/C=C\C/C=C\C/C=C\CCCC(=O)OCC(COP(=O)(O)OCC(O)COP(=O)(O)OCC(COC(=O)C/C=C\C/C=C\C/C=C\C/C=C\C/C=C\CC)OC(=O)CCCCCCCCCCCCCCC)OC(=O)CCCCCCCCCCCCCCCCC. The van der Waals surface area contributed by atoms with Gasteiger partial charge >= 0.3 is 39.5 Å². The number of esters is 4. The van der Waals surface area contributed by atoms with Crippen LogP contribution in [-0.2, 0) is 65.4 Å². The number of rotatable bonds is 72. The normalized spacial score (nSPS) is 14.6. The van der Waals surface area contributed by atoms with Crippen LogP contribution < -0.4 is 0 Å². The number of unbranched alkanes of at least 4 members (excludes halogenated alkanes) is 27. The average Bonchev–Trinajstić information content (AvgIpc) is 1.06. The van der Waals surface area contributed by atoms with Gasteiger partial charge in [-0.2, -0.15) is 0 Å². The molecule has 0 saturated heterocycles. The maximum Gasteiger partial charge on any atom is 0.472 e. The fourth-order valence-electron chi connectivity index (χ4n) is 10.2. The Balaban J connectivity index is 5.45. The number of phosphoric acid groups is 2. The second kappa shape index (κ2) is 72.8. The van der Waals surface area contributed by atoms with E-state index in [1.54, 1.807) is 6.08 Å². The minimum absolute atomic E-state index is 0.0711. The Morgan fingerprint density at radius 3 is 0.880 bits per heavy atom. The van der Waals surface area contributed by atoms with Gasteiger partial charge in [0.15, 0.2) is 12.2 Å². The van der Waals surface area contributed by atoms with Gasteiger partial charge in [0.1, 0.15) is 19.3 Å². The molecule has 5 atom stereocenters. The molecule has 0 saturated carbocycles. The maximum atomic E-state index is 13.1. The maximum absolute atomic E-state index is 13.1. The van der Waals surface area contributed by atoms with Crippen LogP contribution in [-0.4, -0.2) is 96.7 Å². The Kier molecular flexibility index (Phi) is 69.5. The van der Waals surface area contributed by atoms with Gasteiger partial charge in [0.25, 0.3) is 0 Å². The van der Waals surface area contributed by atoms with E-state index in [1.807, 2.05) is 30.4 Å². The molecule has 3 N–H and O–H groups in total. The van der Waals surface area contributed by atoms with Crippen LogP contribution in [0.3, 0.4) is 0 Å². The Hall–Kier alpha value is -4.54. The molecule has 0 aliphatic carbocycles. The highest BCUT2D eigenvalue weighted by Gasteiger charge is 2.30. The van der Waals surface area contributed by atoms with E-state index in [9.17, 15) is 43.2 Å². The fourth-order valence-corrected chi connectivity index (χ4v) is 11.7. The zero-order valence-electron chi connectivity index (χ0n) is 62.6. The summed E-state index contributed by atoms with van der Waals surface area (Å²) in [5.41, 5.74) is 0. The van der Waals surface area contributed by atoms with E-state index in [0.717, 1.165) is 109 Å². The van der Waals surface area contributed by atoms with Gasteiger partial charge in [-0.25, -0.2) is 9.13 Å². The van der Waals surface area contributed by atoms with Crippen LogP contribution in [0, 0.1) is 0 Å². The second-order valence-electron chi connectivity index (χ2n) is 25.6. The van der Waals surface area contributed by atoms with E-state index >= 15 is 0 Å². The van der Waals surface area contributed by atoms with Crippen molar-refractivity contribution in [2.45, 2.75) is 329 Å². The second-order valence-corrected chi connectivity index (χ2v) is 28.5. The van der Waals surface area contributed by atoms with Gasteiger partial charge in [-0.3, -0.25) is 37.3 Å². The van der Waals surface area contributed by atoms with Crippen LogP contribution in [0.1, 0.15) is 310 Å². The number of hydrogen-bond donors (Lipinski definition) is 3.